The van der Waals surface area contributed by atoms with Gasteiger partial charge in [-0.25, -0.2) is 0 Å². The van der Waals surface area contributed by atoms with Crippen LogP contribution in [0.1, 0.15) is 52.4 Å². The van der Waals surface area contributed by atoms with Gasteiger partial charge in [-0.2, -0.15) is 0 Å². The van der Waals surface area contributed by atoms with Crippen LogP contribution >= 0.6 is 0 Å². The van der Waals surface area contributed by atoms with E-state index in [2.05, 4.69) is 24.1 Å². The second-order valence-electron chi connectivity index (χ2n) is 6.96. The topological polar surface area (TPSA) is 15.3 Å². The Morgan fingerprint density at radius 3 is 2.06 bits per heavy atom. The fourth-order valence-corrected chi connectivity index (χ4v) is 3.67. The lowest BCUT2D eigenvalue weighted by Gasteiger charge is -2.33. The van der Waals surface area contributed by atoms with Crippen LogP contribution in [0.15, 0.2) is 0 Å². The predicted octanol–water partition coefficient (Wildman–Crippen LogP) is 2.64. The third-order valence-corrected chi connectivity index (χ3v) is 5.20. The first kappa shape index (κ1) is 12.0. The van der Waals surface area contributed by atoms with E-state index in [1.807, 2.05) is 0 Å². The fraction of sp³-hybridized carbons (Fsp3) is 1.00. The summed E-state index contributed by atoms with van der Waals surface area (Å²) < 4.78 is 0. The van der Waals surface area contributed by atoms with E-state index in [1.54, 1.807) is 0 Å². The van der Waals surface area contributed by atoms with Crippen molar-refractivity contribution in [1.29, 1.82) is 0 Å². The average Bonchev–Trinajstić information content (AvgIpc) is 3.11. The SMILES string of the molecule is CC1CCN(CC2(C3CC3)CC2)CCC(C)N1. The van der Waals surface area contributed by atoms with Crippen molar-refractivity contribution in [3.8, 4) is 0 Å². The van der Waals surface area contributed by atoms with Crippen molar-refractivity contribution in [2.24, 2.45) is 11.3 Å². The maximum absolute atomic E-state index is 3.69. The summed E-state index contributed by atoms with van der Waals surface area (Å²) in [6.07, 6.45) is 8.76. The summed E-state index contributed by atoms with van der Waals surface area (Å²) in [4.78, 5) is 2.78. The molecule has 1 aliphatic heterocycles. The van der Waals surface area contributed by atoms with Crippen LogP contribution in [-0.2, 0) is 0 Å². The molecule has 2 unspecified atom stereocenters. The smallest absolute Gasteiger partial charge is 0.00533 e. The zero-order chi connectivity index (χ0) is 11.9. The summed E-state index contributed by atoms with van der Waals surface area (Å²) >= 11 is 0. The van der Waals surface area contributed by atoms with Gasteiger partial charge in [-0.15, -0.1) is 0 Å². The molecule has 3 rings (SSSR count). The molecule has 17 heavy (non-hydrogen) atoms. The Kier molecular flexibility index (Phi) is 3.20. The molecule has 0 aromatic rings. The molecule has 3 aliphatic rings. The van der Waals surface area contributed by atoms with Gasteiger partial charge in [0.25, 0.3) is 0 Å². The number of rotatable bonds is 3. The van der Waals surface area contributed by atoms with E-state index in [0.717, 1.165) is 11.3 Å². The Bertz CT molecular complexity index is 256. The molecule has 0 amide bonds. The van der Waals surface area contributed by atoms with Crippen LogP contribution in [0.5, 0.6) is 0 Å². The molecule has 1 N–H and O–H groups in total. The lowest BCUT2D eigenvalue weighted by Crippen LogP contribution is -2.44. The summed E-state index contributed by atoms with van der Waals surface area (Å²) in [5, 5.41) is 3.69. The van der Waals surface area contributed by atoms with Crippen molar-refractivity contribution < 1.29 is 0 Å². The average molecular weight is 236 g/mol. The molecule has 2 heteroatoms. The van der Waals surface area contributed by atoms with E-state index >= 15 is 0 Å². The summed E-state index contributed by atoms with van der Waals surface area (Å²) in [7, 11) is 0. The van der Waals surface area contributed by atoms with Crippen LogP contribution in [0.3, 0.4) is 0 Å². The number of nitrogens with zero attached hydrogens (tertiary/aromatic N) is 1. The Morgan fingerprint density at radius 1 is 1.00 bits per heavy atom. The molecule has 2 saturated carbocycles. The molecule has 1 heterocycles. The van der Waals surface area contributed by atoms with Crippen molar-refractivity contribution >= 4 is 0 Å². The van der Waals surface area contributed by atoms with Crippen LogP contribution in [0, 0.1) is 11.3 Å². The maximum Gasteiger partial charge on any atom is 0.00533 e. The van der Waals surface area contributed by atoms with Gasteiger partial charge >= 0.3 is 0 Å². The molecule has 0 bridgehead atoms. The van der Waals surface area contributed by atoms with E-state index in [1.165, 1.54) is 58.2 Å². The standard InChI is InChI=1S/C15H28N2/c1-12-5-9-17(10-6-13(2)16-12)11-15(7-8-15)14-3-4-14/h12-14,16H,3-11H2,1-2H3. The van der Waals surface area contributed by atoms with Crippen molar-refractivity contribution in [3.05, 3.63) is 0 Å². The van der Waals surface area contributed by atoms with Crippen LogP contribution in [0.4, 0.5) is 0 Å². The molecule has 98 valence electrons. The Morgan fingerprint density at radius 2 is 1.59 bits per heavy atom. The minimum Gasteiger partial charge on any atom is -0.312 e. The molecular weight excluding hydrogens is 208 g/mol. The summed E-state index contributed by atoms with van der Waals surface area (Å²) in [6.45, 7) is 8.73. The molecule has 2 aliphatic carbocycles. The van der Waals surface area contributed by atoms with E-state index < -0.39 is 0 Å². The molecule has 2 atom stereocenters. The molecule has 0 aromatic carbocycles. The van der Waals surface area contributed by atoms with E-state index in [9.17, 15) is 0 Å². The minimum atomic E-state index is 0.698. The molecule has 3 fully saturated rings. The van der Waals surface area contributed by atoms with E-state index in [-0.39, 0.29) is 0 Å². The molecule has 0 aromatic heterocycles. The first-order chi connectivity index (χ1) is 8.18. The van der Waals surface area contributed by atoms with Crippen molar-refractivity contribution in [2.45, 2.75) is 64.5 Å². The highest BCUT2D eigenvalue weighted by atomic mass is 15.2. The third kappa shape index (κ3) is 2.85. The first-order valence-corrected chi connectivity index (χ1v) is 7.66. The van der Waals surface area contributed by atoms with Gasteiger partial charge in [-0.3, -0.25) is 0 Å². The maximum atomic E-state index is 3.69. The largest absolute Gasteiger partial charge is 0.312 e. The zero-order valence-corrected chi connectivity index (χ0v) is 11.5. The second kappa shape index (κ2) is 4.55. The van der Waals surface area contributed by atoms with Crippen LogP contribution < -0.4 is 5.32 Å². The van der Waals surface area contributed by atoms with E-state index in [4.69, 9.17) is 0 Å². The monoisotopic (exact) mass is 236 g/mol. The molecule has 2 nitrogen and oxygen atoms in total. The van der Waals surface area contributed by atoms with Crippen molar-refractivity contribution in [1.82, 2.24) is 10.2 Å². The lowest BCUT2D eigenvalue weighted by atomic mass is 9.98. The zero-order valence-electron chi connectivity index (χ0n) is 11.5. The predicted molar refractivity (Wildman–Crippen MR) is 72.1 cm³/mol. The minimum absolute atomic E-state index is 0.698. The van der Waals surface area contributed by atoms with Gasteiger partial charge in [0.2, 0.25) is 0 Å². The normalized spacial score (nSPS) is 38.5. The van der Waals surface area contributed by atoms with Gasteiger partial charge in [0.05, 0.1) is 0 Å². The van der Waals surface area contributed by atoms with E-state index in [0.29, 0.717) is 12.1 Å². The highest BCUT2D eigenvalue weighted by Gasteiger charge is 2.54. The van der Waals surface area contributed by atoms with Crippen molar-refractivity contribution in [2.75, 3.05) is 19.6 Å². The molecule has 0 radical (unpaired) electrons. The van der Waals surface area contributed by atoms with Gasteiger partial charge in [0, 0.05) is 18.6 Å². The number of hydrogen-bond donors (Lipinski definition) is 1. The molecule has 1 saturated heterocycles. The summed E-state index contributed by atoms with van der Waals surface area (Å²) in [5.74, 6) is 1.11. The third-order valence-electron chi connectivity index (χ3n) is 5.20. The van der Waals surface area contributed by atoms with Crippen LogP contribution in [-0.4, -0.2) is 36.6 Å². The van der Waals surface area contributed by atoms with Gasteiger partial charge < -0.3 is 10.2 Å². The summed E-state index contributed by atoms with van der Waals surface area (Å²) in [6, 6.07) is 1.40. The fourth-order valence-electron chi connectivity index (χ4n) is 3.67. The number of nitrogens with one attached hydrogen (secondary N) is 1. The Labute approximate surface area is 106 Å². The second-order valence-corrected chi connectivity index (χ2v) is 6.96. The first-order valence-electron chi connectivity index (χ1n) is 7.66. The molecule has 0 spiro atoms. The van der Waals surface area contributed by atoms with Crippen molar-refractivity contribution in [3.63, 3.8) is 0 Å². The Hall–Kier alpha value is -0.0800. The van der Waals surface area contributed by atoms with Gasteiger partial charge in [0.15, 0.2) is 0 Å². The highest BCUT2D eigenvalue weighted by molar-refractivity contribution is 5.05. The lowest BCUT2D eigenvalue weighted by molar-refractivity contribution is 0.172. The molecular formula is C15H28N2. The van der Waals surface area contributed by atoms with Gasteiger partial charge in [0.1, 0.15) is 0 Å². The highest BCUT2D eigenvalue weighted by Crippen LogP contribution is 2.61. The quantitative estimate of drug-likeness (QED) is 0.810. The number of hydrogen-bond acceptors (Lipinski definition) is 2. The van der Waals surface area contributed by atoms with Crippen LogP contribution in [0.2, 0.25) is 0 Å². The van der Waals surface area contributed by atoms with Crippen LogP contribution in [0.25, 0.3) is 0 Å². The summed E-state index contributed by atoms with van der Waals surface area (Å²) in [5.41, 5.74) is 0.791. The van der Waals surface area contributed by atoms with Gasteiger partial charge in [-0.05, 0) is 76.8 Å². The van der Waals surface area contributed by atoms with Gasteiger partial charge in [-0.1, -0.05) is 0 Å². The Balaban J connectivity index is 1.54.